The predicted molar refractivity (Wildman–Crippen MR) is 80.9 cm³/mol. The van der Waals surface area contributed by atoms with Crippen LogP contribution in [0.3, 0.4) is 0 Å². The summed E-state index contributed by atoms with van der Waals surface area (Å²) in [6.07, 6.45) is 6.07. The Morgan fingerprint density at radius 3 is 2.68 bits per heavy atom. The molecule has 0 spiro atoms. The van der Waals surface area contributed by atoms with Crippen molar-refractivity contribution in [3.63, 3.8) is 0 Å². The lowest BCUT2D eigenvalue weighted by atomic mass is 9.95. The Bertz CT molecular complexity index is 416. The first-order chi connectivity index (χ1) is 9.25. The van der Waals surface area contributed by atoms with E-state index in [2.05, 4.69) is 32.6 Å². The lowest BCUT2D eigenvalue weighted by molar-refractivity contribution is -0.121. The molecule has 1 aromatic rings. The summed E-state index contributed by atoms with van der Waals surface area (Å²) in [5.41, 5.74) is 1.17. The van der Waals surface area contributed by atoms with Crippen molar-refractivity contribution in [1.82, 2.24) is 10.6 Å². The molecule has 0 aliphatic heterocycles. The normalized spacial score (nSPS) is 16.3. The first kappa shape index (κ1) is 14.5. The summed E-state index contributed by atoms with van der Waals surface area (Å²) in [5.74, 6) is 0.110. The summed E-state index contributed by atoms with van der Waals surface area (Å²) in [6.45, 7) is 1.09. The van der Waals surface area contributed by atoms with Gasteiger partial charge in [0.1, 0.15) is 0 Å². The smallest absolute Gasteiger partial charge is 0.234 e. The second-order valence-electron chi connectivity index (χ2n) is 5.10. The summed E-state index contributed by atoms with van der Waals surface area (Å²) in [4.78, 5) is 11.8. The molecule has 0 unspecified atom stereocenters. The molecule has 0 radical (unpaired) electrons. The Kier molecular flexibility index (Phi) is 5.86. The van der Waals surface area contributed by atoms with Crippen molar-refractivity contribution >= 4 is 21.8 Å². The van der Waals surface area contributed by atoms with E-state index in [-0.39, 0.29) is 5.91 Å². The molecule has 0 saturated heterocycles. The van der Waals surface area contributed by atoms with Gasteiger partial charge in [-0.2, -0.15) is 0 Å². The zero-order chi connectivity index (χ0) is 13.5. The van der Waals surface area contributed by atoms with Crippen LogP contribution in [0, 0.1) is 0 Å². The van der Waals surface area contributed by atoms with Gasteiger partial charge >= 0.3 is 0 Å². The average Bonchev–Trinajstić information content (AvgIpc) is 2.42. The number of hydrogen-bond donors (Lipinski definition) is 2. The van der Waals surface area contributed by atoms with Crippen molar-refractivity contribution < 1.29 is 4.79 Å². The van der Waals surface area contributed by atoms with E-state index in [1.807, 2.05) is 18.2 Å². The minimum Gasteiger partial charge on any atom is -0.352 e. The van der Waals surface area contributed by atoms with Gasteiger partial charge in [-0.1, -0.05) is 53.4 Å². The molecule has 104 valence electrons. The van der Waals surface area contributed by atoms with Crippen LogP contribution in [0.1, 0.15) is 37.7 Å². The molecule has 1 saturated carbocycles. The van der Waals surface area contributed by atoms with Crippen LogP contribution in [-0.2, 0) is 11.3 Å². The summed E-state index contributed by atoms with van der Waals surface area (Å²) < 4.78 is 1.08. The number of halogens is 1. The largest absolute Gasteiger partial charge is 0.352 e. The second kappa shape index (κ2) is 7.65. The number of hydrogen-bond acceptors (Lipinski definition) is 2. The quantitative estimate of drug-likeness (QED) is 0.874. The molecule has 0 heterocycles. The Labute approximate surface area is 123 Å². The van der Waals surface area contributed by atoms with Gasteiger partial charge < -0.3 is 10.6 Å². The van der Waals surface area contributed by atoms with Crippen molar-refractivity contribution in [3.05, 3.63) is 34.3 Å². The highest BCUT2D eigenvalue weighted by Crippen LogP contribution is 2.17. The van der Waals surface area contributed by atoms with E-state index in [0.29, 0.717) is 19.1 Å². The molecular formula is C15H21BrN2O. The summed E-state index contributed by atoms with van der Waals surface area (Å²) in [6, 6.07) is 8.45. The molecule has 0 atom stereocenters. The lowest BCUT2D eigenvalue weighted by Gasteiger charge is -2.22. The van der Waals surface area contributed by atoms with E-state index in [1.165, 1.54) is 24.8 Å². The van der Waals surface area contributed by atoms with E-state index in [1.54, 1.807) is 0 Å². The molecular weight excluding hydrogens is 304 g/mol. The van der Waals surface area contributed by atoms with Gasteiger partial charge in [0, 0.05) is 17.1 Å². The number of carbonyl (C=O) groups is 1. The van der Waals surface area contributed by atoms with Crippen LogP contribution >= 0.6 is 15.9 Å². The molecule has 4 heteroatoms. The Hall–Kier alpha value is -0.870. The highest BCUT2D eigenvalue weighted by molar-refractivity contribution is 9.10. The maximum atomic E-state index is 11.8. The number of rotatable bonds is 5. The fraction of sp³-hybridized carbons (Fsp3) is 0.533. The van der Waals surface area contributed by atoms with Crippen LogP contribution < -0.4 is 10.6 Å². The number of carbonyl (C=O) groups excluding carboxylic acids is 1. The molecule has 2 N–H and O–H groups in total. The standard InChI is InChI=1S/C15H21BrN2O/c16-14-9-5-4-6-12(14)10-17-11-15(19)18-13-7-2-1-3-8-13/h4-6,9,13,17H,1-3,7-8,10-11H2,(H,18,19). The fourth-order valence-corrected chi connectivity index (χ4v) is 2.90. The van der Waals surface area contributed by atoms with Crippen molar-refractivity contribution in [3.8, 4) is 0 Å². The molecule has 1 amide bonds. The van der Waals surface area contributed by atoms with E-state index in [0.717, 1.165) is 17.3 Å². The Morgan fingerprint density at radius 1 is 1.21 bits per heavy atom. The number of amides is 1. The van der Waals surface area contributed by atoms with Gasteiger partial charge in [0.25, 0.3) is 0 Å². The third-order valence-corrected chi connectivity index (χ3v) is 4.30. The molecule has 1 aliphatic carbocycles. The minimum absolute atomic E-state index is 0.110. The molecule has 2 rings (SSSR count). The Balaban J connectivity index is 1.67. The fourth-order valence-electron chi connectivity index (χ4n) is 2.48. The maximum absolute atomic E-state index is 11.8. The Morgan fingerprint density at radius 2 is 1.95 bits per heavy atom. The van der Waals surface area contributed by atoms with E-state index in [9.17, 15) is 4.79 Å². The van der Waals surface area contributed by atoms with Crippen LogP contribution in [0.25, 0.3) is 0 Å². The topological polar surface area (TPSA) is 41.1 Å². The molecule has 19 heavy (non-hydrogen) atoms. The van der Waals surface area contributed by atoms with Gasteiger partial charge in [0.2, 0.25) is 5.91 Å². The van der Waals surface area contributed by atoms with Crippen LogP contribution in [0.4, 0.5) is 0 Å². The zero-order valence-corrected chi connectivity index (χ0v) is 12.7. The lowest BCUT2D eigenvalue weighted by Crippen LogP contribution is -2.41. The van der Waals surface area contributed by atoms with Crippen LogP contribution in [0.15, 0.2) is 28.7 Å². The van der Waals surface area contributed by atoms with Crippen molar-refractivity contribution in [2.45, 2.75) is 44.7 Å². The molecule has 0 bridgehead atoms. The van der Waals surface area contributed by atoms with Gasteiger partial charge in [-0.25, -0.2) is 0 Å². The maximum Gasteiger partial charge on any atom is 0.234 e. The molecule has 1 fully saturated rings. The van der Waals surface area contributed by atoms with Crippen LogP contribution in [-0.4, -0.2) is 18.5 Å². The summed E-state index contributed by atoms with van der Waals surface area (Å²) >= 11 is 3.50. The monoisotopic (exact) mass is 324 g/mol. The highest BCUT2D eigenvalue weighted by atomic mass is 79.9. The molecule has 0 aromatic heterocycles. The van der Waals surface area contributed by atoms with Crippen molar-refractivity contribution in [2.24, 2.45) is 0 Å². The van der Waals surface area contributed by atoms with Crippen LogP contribution in [0.2, 0.25) is 0 Å². The molecule has 1 aliphatic rings. The first-order valence-electron chi connectivity index (χ1n) is 6.99. The van der Waals surface area contributed by atoms with Gasteiger partial charge in [-0.3, -0.25) is 4.79 Å². The zero-order valence-electron chi connectivity index (χ0n) is 11.1. The molecule has 3 nitrogen and oxygen atoms in total. The van der Waals surface area contributed by atoms with Crippen LogP contribution in [0.5, 0.6) is 0 Å². The average molecular weight is 325 g/mol. The van der Waals surface area contributed by atoms with Gasteiger partial charge in [0.15, 0.2) is 0 Å². The number of nitrogens with one attached hydrogen (secondary N) is 2. The van der Waals surface area contributed by atoms with Crippen molar-refractivity contribution in [1.29, 1.82) is 0 Å². The van der Waals surface area contributed by atoms with Gasteiger partial charge in [-0.15, -0.1) is 0 Å². The third-order valence-electron chi connectivity index (χ3n) is 3.53. The predicted octanol–water partition coefficient (Wildman–Crippen LogP) is 2.99. The third kappa shape index (κ3) is 4.96. The highest BCUT2D eigenvalue weighted by Gasteiger charge is 2.15. The first-order valence-corrected chi connectivity index (χ1v) is 7.78. The molecule has 1 aromatic carbocycles. The van der Waals surface area contributed by atoms with Gasteiger partial charge in [-0.05, 0) is 24.5 Å². The minimum atomic E-state index is 0.110. The SMILES string of the molecule is O=C(CNCc1ccccc1Br)NC1CCCCC1. The second-order valence-corrected chi connectivity index (χ2v) is 5.95. The van der Waals surface area contributed by atoms with Gasteiger partial charge in [0.05, 0.1) is 6.54 Å². The van der Waals surface area contributed by atoms with Crippen molar-refractivity contribution in [2.75, 3.05) is 6.54 Å². The van der Waals surface area contributed by atoms with E-state index >= 15 is 0 Å². The summed E-state index contributed by atoms with van der Waals surface area (Å²) in [7, 11) is 0. The number of benzene rings is 1. The summed E-state index contributed by atoms with van der Waals surface area (Å²) in [5, 5.41) is 6.30. The van der Waals surface area contributed by atoms with E-state index < -0.39 is 0 Å². The van der Waals surface area contributed by atoms with E-state index in [4.69, 9.17) is 0 Å².